The number of hydrogen-bond acceptors (Lipinski definition) is 5. The molecule has 0 unspecified atom stereocenters. The van der Waals surface area contributed by atoms with Crippen LogP contribution in [-0.2, 0) is 5.41 Å². The Morgan fingerprint density at radius 1 is 0.267 bits per heavy atom. The van der Waals surface area contributed by atoms with Crippen molar-refractivity contribution >= 4 is 43.9 Å². The summed E-state index contributed by atoms with van der Waals surface area (Å²) in [5, 5.41) is 3.90. The van der Waals surface area contributed by atoms with E-state index in [1.165, 1.54) is 38.9 Å². The van der Waals surface area contributed by atoms with Crippen molar-refractivity contribution in [3.63, 3.8) is 0 Å². The molecule has 5 heteroatoms. The Kier molecular flexibility index (Phi) is 9.72. The zero-order valence-electron chi connectivity index (χ0n) is 40.5. The van der Waals surface area contributed by atoms with E-state index in [0.717, 1.165) is 88.4 Å². The Balaban J connectivity index is 0.855. The molecule has 0 saturated carbocycles. The minimum atomic E-state index is -0.465. The highest BCUT2D eigenvalue weighted by Gasteiger charge is 2.46. The number of rotatable bonds is 8. The van der Waals surface area contributed by atoms with Crippen molar-refractivity contribution in [2.75, 3.05) is 0 Å². The second-order valence-electron chi connectivity index (χ2n) is 19.4. The van der Waals surface area contributed by atoms with Crippen LogP contribution in [0.1, 0.15) is 22.3 Å². The van der Waals surface area contributed by atoms with E-state index in [9.17, 15) is 0 Å². The monoisotopic (exact) mass is 957 g/mol. The van der Waals surface area contributed by atoms with Gasteiger partial charge < -0.3 is 8.83 Å². The van der Waals surface area contributed by atoms with Crippen molar-refractivity contribution in [1.82, 2.24) is 15.0 Å². The maximum absolute atomic E-state index is 6.63. The molecular formula is C70H43N3O2. The lowest BCUT2D eigenvalue weighted by atomic mass is 9.67. The van der Waals surface area contributed by atoms with Crippen molar-refractivity contribution in [1.29, 1.82) is 0 Å². The van der Waals surface area contributed by atoms with Crippen LogP contribution in [0.3, 0.4) is 0 Å². The highest BCUT2D eigenvalue weighted by Crippen LogP contribution is 2.58. The van der Waals surface area contributed by atoms with Crippen LogP contribution in [0.15, 0.2) is 270 Å². The van der Waals surface area contributed by atoms with E-state index in [0.29, 0.717) is 17.5 Å². The van der Waals surface area contributed by atoms with E-state index < -0.39 is 5.41 Å². The molecule has 0 saturated heterocycles. The van der Waals surface area contributed by atoms with Gasteiger partial charge in [0.2, 0.25) is 0 Å². The van der Waals surface area contributed by atoms with Crippen LogP contribution in [0.25, 0.3) is 123 Å². The van der Waals surface area contributed by atoms with Crippen molar-refractivity contribution in [2.45, 2.75) is 5.41 Å². The van der Waals surface area contributed by atoms with E-state index in [1.54, 1.807) is 0 Å². The van der Waals surface area contributed by atoms with E-state index in [-0.39, 0.29) is 0 Å². The van der Waals surface area contributed by atoms with Crippen molar-refractivity contribution in [3.05, 3.63) is 283 Å². The lowest BCUT2D eigenvalue weighted by molar-refractivity contribution is 0.668. The average molecular weight is 958 g/mol. The summed E-state index contributed by atoms with van der Waals surface area (Å²) in [7, 11) is 0. The normalized spacial score (nSPS) is 12.6. The van der Waals surface area contributed by atoms with Crippen LogP contribution in [0.5, 0.6) is 0 Å². The minimum Gasteiger partial charge on any atom is -0.456 e. The van der Waals surface area contributed by atoms with Gasteiger partial charge in [-0.1, -0.05) is 231 Å². The van der Waals surface area contributed by atoms with Gasteiger partial charge in [-0.05, 0) is 97.1 Å². The third-order valence-electron chi connectivity index (χ3n) is 15.3. The fourth-order valence-corrected chi connectivity index (χ4v) is 11.9. The lowest BCUT2D eigenvalue weighted by Crippen LogP contribution is -2.28. The van der Waals surface area contributed by atoms with Crippen LogP contribution >= 0.6 is 0 Å². The standard InChI is InChI=1S/C70H43N3O2/c1-4-17-44(18-5-1)45-35-39-48(40-36-45)67-71-68(55-26-15-31-62-65(55)54-24-11-13-30-60(54)74-62)73-69(72-67)56-27-16-32-63-66(56)57-43-49(41-42-61(57)75-63)46-33-37-47(38-34-46)52-25-14-29-59-64(52)53-23-10-12-28-58(53)70(59,50-19-6-2-7-20-50)51-21-8-3-9-22-51/h1-43H. The molecule has 0 spiro atoms. The summed E-state index contributed by atoms with van der Waals surface area (Å²) in [6, 6.07) is 92.4. The van der Waals surface area contributed by atoms with Gasteiger partial charge in [0.15, 0.2) is 17.5 Å². The molecule has 11 aromatic carbocycles. The van der Waals surface area contributed by atoms with Crippen LogP contribution < -0.4 is 0 Å². The maximum Gasteiger partial charge on any atom is 0.164 e. The summed E-state index contributed by atoms with van der Waals surface area (Å²) < 4.78 is 13.0. The molecule has 0 radical (unpaired) electrons. The molecule has 0 atom stereocenters. The Hall–Kier alpha value is -9.97. The van der Waals surface area contributed by atoms with Crippen LogP contribution in [0, 0.1) is 0 Å². The second-order valence-corrected chi connectivity index (χ2v) is 19.4. The van der Waals surface area contributed by atoms with Gasteiger partial charge in [0.25, 0.3) is 0 Å². The quantitative estimate of drug-likeness (QED) is 0.152. The summed E-state index contributed by atoms with van der Waals surface area (Å²) in [6.45, 7) is 0. The summed E-state index contributed by atoms with van der Waals surface area (Å²) in [5.41, 5.74) is 19.7. The highest BCUT2D eigenvalue weighted by molar-refractivity contribution is 6.14. The first-order valence-electron chi connectivity index (χ1n) is 25.4. The van der Waals surface area contributed by atoms with Crippen LogP contribution in [-0.4, -0.2) is 15.0 Å². The third kappa shape index (κ3) is 6.75. The smallest absolute Gasteiger partial charge is 0.164 e. The SMILES string of the molecule is c1ccc(-c2ccc(-c3nc(-c4cccc5oc6ccccc6c45)nc(-c4cccc5oc6ccc(-c7ccc(-c8cccc9c8-c8ccccc8C9(c8ccccc8)c8ccccc8)cc7)cc6c45)n3)cc2)cc1. The molecule has 3 aromatic heterocycles. The molecule has 5 nitrogen and oxygen atoms in total. The predicted molar refractivity (Wildman–Crippen MR) is 304 cm³/mol. The number of furan rings is 2. The van der Waals surface area contributed by atoms with E-state index in [1.807, 2.05) is 48.5 Å². The van der Waals surface area contributed by atoms with Gasteiger partial charge in [0.05, 0.1) is 5.41 Å². The number of nitrogens with zero attached hydrogens (tertiary/aromatic N) is 3. The maximum atomic E-state index is 6.63. The highest BCUT2D eigenvalue weighted by atomic mass is 16.3. The Labute approximate surface area is 432 Å². The molecule has 15 rings (SSSR count). The molecule has 0 aliphatic heterocycles. The first-order valence-corrected chi connectivity index (χ1v) is 25.4. The Morgan fingerprint density at radius 2 is 0.707 bits per heavy atom. The molecule has 75 heavy (non-hydrogen) atoms. The first-order chi connectivity index (χ1) is 37.2. The molecule has 0 bridgehead atoms. The molecular weight excluding hydrogens is 915 g/mol. The Bertz CT molecular complexity index is 4460. The van der Waals surface area contributed by atoms with E-state index in [4.69, 9.17) is 23.8 Å². The first kappa shape index (κ1) is 42.7. The molecule has 0 amide bonds. The number of benzene rings is 11. The van der Waals surface area contributed by atoms with Gasteiger partial charge in [0, 0.05) is 38.2 Å². The Morgan fingerprint density at radius 3 is 1.39 bits per heavy atom. The fraction of sp³-hybridized carbons (Fsp3) is 0.0143. The number of aromatic nitrogens is 3. The average Bonchev–Trinajstić information content (AvgIpc) is 4.26. The summed E-state index contributed by atoms with van der Waals surface area (Å²) in [6.07, 6.45) is 0. The summed E-state index contributed by atoms with van der Waals surface area (Å²) in [4.78, 5) is 15.8. The number of fused-ring (bicyclic) bond motifs is 9. The lowest BCUT2D eigenvalue weighted by Gasteiger charge is -2.34. The molecule has 0 fully saturated rings. The summed E-state index contributed by atoms with van der Waals surface area (Å²) >= 11 is 0. The topological polar surface area (TPSA) is 65.0 Å². The largest absolute Gasteiger partial charge is 0.456 e. The predicted octanol–water partition coefficient (Wildman–Crippen LogP) is 18.0. The zero-order valence-corrected chi connectivity index (χ0v) is 40.5. The van der Waals surface area contributed by atoms with Gasteiger partial charge in [0.1, 0.15) is 22.3 Å². The van der Waals surface area contributed by atoms with E-state index >= 15 is 0 Å². The molecule has 14 aromatic rings. The van der Waals surface area contributed by atoms with Gasteiger partial charge in [-0.2, -0.15) is 0 Å². The molecule has 350 valence electrons. The van der Waals surface area contributed by atoms with Crippen LogP contribution in [0.2, 0.25) is 0 Å². The zero-order chi connectivity index (χ0) is 49.5. The van der Waals surface area contributed by atoms with Gasteiger partial charge in [-0.15, -0.1) is 0 Å². The summed E-state index contributed by atoms with van der Waals surface area (Å²) in [5.74, 6) is 1.68. The second kappa shape index (κ2) is 17.1. The van der Waals surface area contributed by atoms with Gasteiger partial charge in [-0.25, -0.2) is 15.0 Å². The van der Waals surface area contributed by atoms with Gasteiger partial charge >= 0.3 is 0 Å². The molecule has 3 heterocycles. The van der Waals surface area contributed by atoms with E-state index in [2.05, 4.69) is 212 Å². The molecule has 0 N–H and O–H groups in total. The molecule has 1 aliphatic carbocycles. The number of para-hydroxylation sites is 1. The fourth-order valence-electron chi connectivity index (χ4n) is 11.9. The minimum absolute atomic E-state index is 0.465. The van der Waals surface area contributed by atoms with Crippen molar-refractivity contribution in [2.24, 2.45) is 0 Å². The molecule has 1 aliphatic rings. The van der Waals surface area contributed by atoms with Crippen molar-refractivity contribution in [3.8, 4) is 78.7 Å². The van der Waals surface area contributed by atoms with Gasteiger partial charge in [-0.3, -0.25) is 0 Å². The number of hydrogen-bond donors (Lipinski definition) is 0. The van der Waals surface area contributed by atoms with Crippen LogP contribution in [0.4, 0.5) is 0 Å². The van der Waals surface area contributed by atoms with Crippen molar-refractivity contribution < 1.29 is 8.83 Å². The third-order valence-corrected chi connectivity index (χ3v) is 15.3.